The zero-order chi connectivity index (χ0) is 13.1. The van der Waals surface area contributed by atoms with Gasteiger partial charge in [-0.3, -0.25) is 5.43 Å². The van der Waals surface area contributed by atoms with Gasteiger partial charge in [0.2, 0.25) is 5.13 Å². The van der Waals surface area contributed by atoms with Crippen molar-refractivity contribution < 1.29 is 5.11 Å². The number of phenols is 1. The molecule has 0 saturated carbocycles. The minimum Gasteiger partial charge on any atom is -0.506 e. The van der Waals surface area contributed by atoms with Crippen molar-refractivity contribution >= 4 is 56.0 Å². The third kappa shape index (κ3) is 3.12. The lowest BCUT2D eigenvalue weighted by Crippen LogP contribution is -1.92. The molecule has 0 aliphatic rings. The van der Waals surface area contributed by atoms with Gasteiger partial charge in [-0.05, 0) is 28.1 Å². The van der Waals surface area contributed by atoms with Crippen LogP contribution >= 0.6 is 38.9 Å². The number of nitrogen functional groups attached to an aromatic ring is 1. The third-order valence-corrected chi connectivity index (χ3v) is 3.53. The zero-order valence-corrected chi connectivity index (χ0v) is 12.1. The van der Waals surface area contributed by atoms with Crippen LogP contribution in [0.2, 0.25) is 5.02 Å². The lowest BCUT2D eigenvalue weighted by Gasteiger charge is -2.02. The highest BCUT2D eigenvalue weighted by Gasteiger charge is 2.05. The minimum atomic E-state index is 0.0728. The Hall–Kier alpha value is -1.31. The van der Waals surface area contributed by atoms with Crippen LogP contribution in [0.1, 0.15) is 5.56 Å². The van der Waals surface area contributed by atoms with Gasteiger partial charge in [0.15, 0.2) is 0 Å². The summed E-state index contributed by atoms with van der Waals surface area (Å²) in [7, 11) is 0. The van der Waals surface area contributed by atoms with Crippen LogP contribution in [-0.4, -0.2) is 16.3 Å². The molecule has 18 heavy (non-hydrogen) atoms. The van der Waals surface area contributed by atoms with Gasteiger partial charge in [-0.1, -0.05) is 11.6 Å². The average molecular weight is 348 g/mol. The number of hydrogen-bond donors (Lipinski definition) is 3. The first-order valence-corrected chi connectivity index (χ1v) is 6.79. The molecule has 0 amide bonds. The molecule has 2 aromatic rings. The number of thiazole rings is 1. The number of nitrogens with two attached hydrogens (primary N) is 1. The highest BCUT2D eigenvalue weighted by atomic mass is 79.9. The fraction of sp³-hybridized carbons (Fsp3) is 0. The van der Waals surface area contributed by atoms with Crippen molar-refractivity contribution in [3.63, 3.8) is 0 Å². The Morgan fingerprint density at radius 1 is 1.56 bits per heavy atom. The predicted octanol–water partition coefficient (Wildman–Crippen LogP) is 3.29. The number of aromatic nitrogens is 1. The fourth-order valence-electron chi connectivity index (χ4n) is 1.18. The van der Waals surface area contributed by atoms with Crippen molar-refractivity contribution in [3.05, 3.63) is 32.6 Å². The van der Waals surface area contributed by atoms with Crippen molar-refractivity contribution in [1.29, 1.82) is 0 Å². The number of benzene rings is 1. The van der Waals surface area contributed by atoms with Crippen LogP contribution in [0.25, 0.3) is 0 Å². The third-order valence-electron chi connectivity index (χ3n) is 1.94. The molecule has 4 N–H and O–H groups in total. The van der Waals surface area contributed by atoms with E-state index in [4.69, 9.17) is 17.3 Å². The molecule has 94 valence electrons. The van der Waals surface area contributed by atoms with E-state index in [0.29, 0.717) is 26.0 Å². The van der Waals surface area contributed by atoms with E-state index in [0.717, 1.165) is 0 Å². The molecule has 1 aromatic heterocycles. The normalized spacial score (nSPS) is 11.0. The molecular formula is C10H8BrClN4OS. The van der Waals surface area contributed by atoms with Gasteiger partial charge in [0, 0.05) is 16.0 Å². The first-order chi connectivity index (χ1) is 8.56. The number of aromatic hydroxyl groups is 1. The van der Waals surface area contributed by atoms with E-state index in [2.05, 4.69) is 31.4 Å². The van der Waals surface area contributed by atoms with Gasteiger partial charge >= 0.3 is 0 Å². The second kappa shape index (κ2) is 5.55. The summed E-state index contributed by atoms with van der Waals surface area (Å²) in [5.74, 6) is 0.509. The summed E-state index contributed by atoms with van der Waals surface area (Å²) < 4.78 is 0.509. The van der Waals surface area contributed by atoms with E-state index in [1.54, 1.807) is 17.5 Å². The van der Waals surface area contributed by atoms with Crippen molar-refractivity contribution in [3.8, 4) is 5.75 Å². The maximum absolute atomic E-state index is 9.77. The lowest BCUT2D eigenvalue weighted by atomic mass is 10.2. The van der Waals surface area contributed by atoms with Crippen LogP contribution < -0.4 is 11.2 Å². The Kier molecular flexibility index (Phi) is 4.05. The van der Waals surface area contributed by atoms with Crippen LogP contribution in [0, 0.1) is 0 Å². The Morgan fingerprint density at radius 2 is 2.33 bits per heavy atom. The van der Waals surface area contributed by atoms with E-state index in [1.807, 2.05) is 0 Å². The number of rotatable bonds is 3. The van der Waals surface area contributed by atoms with Crippen molar-refractivity contribution in [2.75, 3.05) is 11.2 Å². The van der Waals surface area contributed by atoms with Gasteiger partial charge < -0.3 is 10.8 Å². The molecular weight excluding hydrogens is 340 g/mol. The molecule has 0 atom stereocenters. The minimum absolute atomic E-state index is 0.0728. The van der Waals surface area contributed by atoms with E-state index in [1.165, 1.54) is 17.6 Å². The molecule has 2 rings (SSSR count). The molecule has 0 unspecified atom stereocenters. The topological polar surface area (TPSA) is 83.5 Å². The second-order valence-electron chi connectivity index (χ2n) is 3.27. The molecule has 1 heterocycles. The van der Waals surface area contributed by atoms with Gasteiger partial charge in [-0.25, -0.2) is 4.98 Å². The molecule has 0 fully saturated rings. The molecule has 5 nitrogen and oxygen atoms in total. The molecule has 0 radical (unpaired) electrons. The van der Waals surface area contributed by atoms with Crippen LogP contribution in [0.3, 0.4) is 0 Å². The second-order valence-corrected chi connectivity index (χ2v) is 5.42. The van der Waals surface area contributed by atoms with Crippen LogP contribution in [0.4, 0.5) is 10.9 Å². The van der Waals surface area contributed by atoms with Crippen molar-refractivity contribution in [1.82, 2.24) is 4.98 Å². The summed E-state index contributed by atoms with van der Waals surface area (Å²) in [6, 6.07) is 3.20. The number of hydrogen-bond acceptors (Lipinski definition) is 6. The van der Waals surface area contributed by atoms with Crippen LogP contribution in [0.5, 0.6) is 5.75 Å². The summed E-state index contributed by atoms with van der Waals surface area (Å²) in [6.45, 7) is 0. The Labute approximate surface area is 120 Å². The molecule has 8 heteroatoms. The number of halogens is 2. The van der Waals surface area contributed by atoms with Gasteiger partial charge in [-0.2, -0.15) is 5.10 Å². The SMILES string of the molecule is Nc1csc(NN=Cc2cc(Cl)cc(Br)c2O)n1. The Morgan fingerprint density at radius 3 is 3.00 bits per heavy atom. The number of phenolic OH excluding ortho intramolecular Hbond substituents is 1. The number of hydrazone groups is 1. The highest BCUT2D eigenvalue weighted by molar-refractivity contribution is 9.10. The Bertz CT molecular complexity index is 602. The average Bonchev–Trinajstić information content (AvgIpc) is 2.71. The van der Waals surface area contributed by atoms with Gasteiger partial charge in [0.1, 0.15) is 11.6 Å². The Balaban J connectivity index is 2.14. The number of anilines is 2. The lowest BCUT2D eigenvalue weighted by molar-refractivity contribution is 0.471. The summed E-state index contributed by atoms with van der Waals surface area (Å²) in [6.07, 6.45) is 1.45. The van der Waals surface area contributed by atoms with Gasteiger partial charge in [0.25, 0.3) is 0 Å². The molecule has 0 saturated heterocycles. The van der Waals surface area contributed by atoms with Gasteiger partial charge in [0.05, 0.1) is 10.7 Å². The maximum atomic E-state index is 9.77. The summed E-state index contributed by atoms with van der Waals surface area (Å²) in [5, 5.41) is 16.5. The first-order valence-electron chi connectivity index (χ1n) is 4.74. The first kappa shape index (κ1) is 13.1. The number of nitrogens with zero attached hydrogens (tertiary/aromatic N) is 2. The highest BCUT2D eigenvalue weighted by Crippen LogP contribution is 2.30. The largest absolute Gasteiger partial charge is 0.506 e. The zero-order valence-electron chi connectivity index (χ0n) is 8.89. The van der Waals surface area contributed by atoms with Crippen molar-refractivity contribution in [2.45, 2.75) is 0 Å². The van der Waals surface area contributed by atoms with Crippen molar-refractivity contribution in [2.24, 2.45) is 5.10 Å². The monoisotopic (exact) mass is 346 g/mol. The van der Waals surface area contributed by atoms with Crippen LogP contribution in [0.15, 0.2) is 27.1 Å². The molecule has 1 aromatic carbocycles. The molecule has 0 spiro atoms. The molecule has 0 aliphatic heterocycles. The molecule has 0 bridgehead atoms. The van der Waals surface area contributed by atoms with Crippen LogP contribution in [-0.2, 0) is 0 Å². The number of nitrogens with one attached hydrogen (secondary N) is 1. The summed E-state index contributed by atoms with van der Waals surface area (Å²) in [4.78, 5) is 3.97. The summed E-state index contributed by atoms with van der Waals surface area (Å²) >= 11 is 10.4. The predicted molar refractivity (Wildman–Crippen MR) is 78.6 cm³/mol. The summed E-state index contributed by atoms with van der Waals surface area (Å²) in [5.41, 5.74) is 8.67. The fourth-order valence-corrected chi connectivity index (χ4v) is 2.56. The van der Waals surface area contributed by atoms with E-state index >= 15 is 0 Å². The quantitative estimate of drug-likeness (QED) is 0.587. The standard InChI is InChI=1S/C10H8BrClN4OS/c11-7-2-6(12)1-5(9(7)17)3-14-16-10-15-8(13)4-18-10/h1-4,17H,13H2,(H,15,16). The van der Waals surface area contributed by atoms with Gasteiger partial charge in [-0.15, -0.1) is 11.3 Å². The molecule has 0 aliphatic carbocycles. The van der Waals surface area contributed by atoms with E-state index < -0.39 is 0 Å². The smallest absolute Gasteiger partial charge is 0.205 e. The van der Waals surface area contributed by atoms with E-state index in [9.17, 15) is 5.11 Å². The van der Waals surface area contributed by atoms with E-state index in [-0.39, 0.29) is 5.75 Å². The maximum Gasteiger partial charge on any atom is 0.205 e.